The van der Waals surface area contributed by atoms with Crippen LogP contribution in [-0.4, -0.2) is 10.1 Å². The van der Waals surface area contributed by atoms with Gasteiger partial charge in [0.15, 0.2) is 0 Å². The lowest BCUT2D eigenvalue weighted by Gasteiger charge is -2.14. The van der Waals surface area contributed by atoms with E-state index in [0.29, 0.717) is 0 Å². The third-order valence-corrected chi connectivity index (χ3v) is 4.09. The van der Waals surface area contributed by atoms with Gasteiger partial charge in [-0.25, -0.2) is 0 Å². The molecule has 0 aliphatic rings. The zero-order valence-electron chi connectivity index (χ0n) is 10.4. The van der Waals surface area contributed by atoms with Crippen LogP contribution in [0.1, 0.15) is 17.2 Å². The van der Waals surface area contributed by atoms with Gasteiger partial charge in [0.2, 0.25) is 0 Å². The fourth-order valence-corrected chi connectivity index (χ4v) is 3.61. The van der Waals surface area contributed by atoms with Crippen molar-refractivity contribution in [2.24, 2.45) is 0 Å². The quantitative estimate of drug-likeness (QED) is 0.676. The highest BCUT2D eigenvalue weighted by Crippen LogP contribution is 2.31. The number of hydrogen-bond acceptors (Lipinski definition) is 2. The van der Waals surface area contributed by atoms with Crippen molar-refractivity contribution in [3.8, 4) is 0 Å². The van der Waals surface area contributed by atoms with Gasteiger partial charge in [-0.15, -0.1) is 0 Å². The summed E-state index contributed by atoms with van der Waals surface area (Å²) in [6, 6.07) is 15.5. The Bertz CT molecular complexity index is 748. The van der Waals surface area contributed by atoms with E-state index in [2.05, 4.69) is 36.8 Å². The normalized spacial score (nSPS) is 12.6. The van der Waals surface area contributed by atoms with Crippen LogP contribution in [0, 0.1) is 0 Å². The molecular formula is C16H11Br2NO. The average Bonchev–Trinajstić information content (AvgIpc) is 2.45. The van der Waals surface area contributed by atoms with Gasteiger partial charge in [-0.2, -0.15) is 0 Å². The van der Waals surface area contributed by atoms with Crippen LogP contribution in [-0.2, 0) is 0 Å². The summed E-state index contributed by atoms with van der Waals surface area (Å²) in [6.07, 6.45) is 1.07. The van der Waals surface area contributed by atoms with E-state index in [1.165, 1.54) is 0 Å². The molecule has 0 radical (unpaired) electrons. The maximum atomic E-state index is 10.7. The molecule has 1 atom stereocenters. The SMILES string of the molecule is OC(c1cc(Br)cc(Br)c1)c1cccc2ncccc12. The second kappa shape index (κ2) is 5.64. The summed E-state index contributed by atoms with van der Waals surface area (Å²) in [5, 5.41) is 11.6. The molecule has 0 amide bonds. The number of pyridine rings is 1. The number of benzene rings is 2. The van der Waals surface area contributed by atoms with E-state index in [1.807, 2.05) is 48.5 Å². The molecule has 1 aromatic heterocycles. The van der Waals surface area contributed by atoms with E-state index in [4.69, 9.17) is 0 Å². The first-order chi connectivity index (χ1) is 9.65. The minimum atomic E-state index is -0.684. The van der Waals surface area contributed by atoms with Crippen LogP contribution in [0.2, 0.25) is 0 Å². The largest absolute Gasteiger partial charge is 0.384 e. The first-order valence-corrected chi connectivity index (χ1v) is 7.71. The molecule has 0 aliphatic carbocycles. The maximum absolute atomic E-state index is 10.7. The lowest BCUT2D eigenvalue weighted by atomic mass is 9.98. The second-order valence-electron chi connectivity index (χ2n) is 4.52. The van der Waals surface area contributed by atoms with Gasteiger partial charge in [-0.1, -0.05) is 50.1 Å². The molecule has 1 heterocycles. The Morgan fingerprint density at radius 1 is 0.950 bits per heavy atom. The summed E-state index contributed by atoms with van der Waals surface area (Å²) in [5.41, 5.74) is 2.58. The topological polar surface area (TPSA) is 33.1 Å². The van der Waals surface area contributed by atoms with Crippen molar-refractivity contribution >= 4 is 42.8 Å². The first-order valence-electron chi connectivity index (χ1n) is 6.13. The maximum Gasteiger partial charge on any atom is 0.105 e. The molecule has 2 aromatic carbocycles. The highest BCUT2D eigenvalue weighted by molar-refractivity contribution is 9.11. The second-order valence-corrected chi connectivity index (χ2v) is 6.35. The lowest BCUT2D eigenvalue weighted by Crippen LogP contribution is -2.01. The first kappa shape index (κ1) is 13.7. The minimum Gasteiger partial charge on any atom is -0.384 e. The highest BCUT2D eigenvalue weighted by Gasteiger charge is 2.14. The Morgan fingerprint density at radius 3 is 2.45 bits per heavy atom. The van der Waals surface area contributed by atoms with Crippen LogP contribution in [0.3, 0.4) is 0 Å². The third-order valence-electron chi connectivity index (χ3n) is 3.17. The Kier molecular flexibility index (Phi) is 3.87. The number of halogens is 2. The van der Waals surface area contributed by atoms with Crippen molar-refractivity contribution in [1.82, 2.24) is 4.98 Å². The van der Waals surface area contributed by atoms with Crippen LogP contribution >= 0.6 is 31.9 Å². The fraction of sp³-hybridized carbons (Fsp3) is 0.0625. The van der Waals surface area contributed by atoms with Gasteiger partial charge in [0.25, 0.3) is 0 Å². The minimum absolute atomic E-state index is 0.684. The van der Waals surface area contributed by atoms with E-state index in [1.54, 1.807) is 6.20 Å². The Labute approximate surface area is 133 Å². The van der Waals surface area contributed by atoms with Crippen molar-refractivity contribution in [3.63, 3.8) is 0 Å². The molecule has 0 aliphatic heterocycles. The summed E-state index contributed by atoms with van der Waals surface area (Å²) >= 11 is 6.90. The predicted octanol–water partition coefficient (Wildman–Crippen LogP) is 4.84. The van der Waals surface area contributed by atoms with Gasteiger partial charge in [-0.05, 0) is 41.5 Å². The Hall–Kier alpha value is -1.23. The molecule has 4 heteroatoms. The molecule has 3 rings (SSSR count). The van der Waals surface area contributed by atoms with E-state index >= 15 is 0 Å². The Morgan fingerprint density at radius 2 is 1.70 bits per heavy atom. The molecule has 0 saturated carbocycles. The van der Waals surface area contributed by atoms with Gasteiger partial charge in [0.05, 0.1) is 5.52 Å². The molecule has 1 unspecified atom stereocenters. The van der Waals surface area contributed by atoms with Crippen molar-refractivity contribution in [2.45, 2.75) is 6.10 Å². The number of aliphatic hydroxyl groups excluding tert-OH is 1. The van der Waals surface area contributed by atoms with Crippen LogP contribution in [0.5, 0.6) is 0 Å². The predicted molar refractivity (Wildman–Crippen MR) is 87.6 cm³/mol. The monoisotopic (exact) mass is 391 g/mol. The summed E-state index contributed by atoms with van der Waals surface area (Å²) in [6.45, 7) is 0. The van der Waals surface area contributed by atoms with Crippen molar-refractivity contribution in [1.29, 1.82) is 0 Å². The molecule has 1 N–H and O–H groups in total. The molecule has 0 bridgehead atoms. The number of aliphatic hydroxyl groups is 1. The Balaban J connectivity index is 2.15. The molecule has 3 aromatic rings. The van der Waals surface area contributed by atoms with Gasteiger partial charge in [0, 0.05) is 20.5 Å². The van der Waals surface area contributed by atoms with Gasteiger partial charge < -0.3 is 5.11 Å². The smallest absolute Gasteiger partial charge is 0.105 e. The van der Waals surface area contributed by atoms with Gasteiger partial charge in [-0.3, -0.25) is 4.98 Å². The highest BCUT2D eigenvalue weighted by atomic mass is 79.9. The van der Waals surface area contributed by atoms with E-state index in [-0.39, 0.29) is 0 Å². The molecule has 2 nitrogen and oxygen atoms in total. The van der Waals surface area contributed by atoms with Crippen molar-refractivity contribution in [3.05, 3.63) is 74.8 Å². The number of rotatable bonds is 2. The summed E-state index contributed by atoms with van der Waals surface area (Å²) in [4.78, 5) is 4.32. The molecule has 0 fully saturated rings. The van der Waals surface area contributed by atoms with Gasteiger partial charge in [0.1, 0.15) is 6.10 Å². The number of aromatic nitrogens is 1. The van der Waals surface area contributed by atoms with Crippen LogP contribution in [0.25, 0.3) is 10.9 Å². The average molecular weight is 393 g/mol. The number of nitrogens with zero attached hydrogens (tertiary/aromatic N) is 1. The van der Waals surface area contributed by atoms with E-state index in [9.17, 15) is 5.11 Å². The van der Waals surface area contributed by atoms with Crippen LogP contribution in [0.15, 0.2) is 63.7 Å². The van der Waals surface area contributed by atoms with E-state index < -0.39 is 6.10 Å². The summed E-state index contributed by atoms with van der Waals surface area (Å²) in [7, 11) is 0. The fourth-order valence-electron chi connectivity index (χ4n) is 2.28. The molecular weight excluding hydrogens is 382 g/mol. The third kappa shape index (κ3) is 2.64. The summed E-state index contributed by atoms with van der Waals surface area (Å²) < 4.78 is 1.86. The van der Waals surface area contributed by atoms with E-state index in [0.717, 1.165) is 31.0 Å². The molecule has 100 valence electrons. The number of fused-ring (bicyclic) bond motifs is 1. The van der Waals surface area contributed by atoms with Crippen LogP contribution in [0.4, 0.5) is 0 Å². The molecule has 0 spiro atoms. The summed E-state index contributed by atoms with van der Waals surface area (Å²) in [5.74, 6) is 0. The molecule has 0 saturated heterocycles. The number of hydrogen-bond donors (Lipinski definition) is 1. The zero-order chi connectivity index (χ0) is 14.1. The zero-order valence-corrected chi connectivity index (χ0v) is 13.6. The lowest BCUT2D eigenvalue weighted by molar-refractivity contribution is 0.221. The van der Waals surface area contributed by atoms with Crippen molar-refractivity contribution < 1.29 is 5.11 Å². The van der Waals surface area contributed by atoms with Crippen LogP contribution < -0.4 is 0 Å². The molecule has 20 heavy (non-hydrogen) atoms. The standard InChI is InChI=1S/C16H11Br2NO/c17-11-7-10(8-12(18)9-11)16(20)14-3-1-5-15-13(14)4-2-6-19-15/h1-9,16,20H. The van der Waals surface area contributed by atoms with Crippen molar-refractivity contribution in [2.75, 3.05) is 0 Å². The van der Waals surface area contributed by atoms with Gasteiger partial charge >= 0.3 is 0 Å².